The fourth-order valence-corrected chi connectivity index (χ4v) is 1.35. The van der Waals surface area contributed by atoms with Gasteiger partial charge >= 0.3 is 0 Å². The van der Waals surface area contributed by atoms with Gasteiger partial charge < -0.3 is 0 Å². The SMILES string of the molecule is C=C([SiH3])C(CF)CCCC. The highest BCUT2D eigenvalue weighted by atomic mass is 28.1. The Morgan fingerprint density at radius 1 is 1.70 bits per heavy atom. The van der Waals surface area contributed by atoms with E-state index in [1.807, 2.05) is 0 Å². The van der Waals surface area contributed by atoms with Gasteiger partial charge in [0.05, 0.1) is 6.67 Å². The van der Waals surface area contributed by atoms with Gasteiger partial charge in [-0.3, -0.25) is 4.39 Å². The largest absolute Gasteiger partial charge is 0.250 e. The zero-order chi connectivity index (χ0) is 7.98. The maximum atomic E-state index is 12.2. The fraction of sp³-hybridized carbons (Fsp3) is 0.750. The number of allylic oxidation sites excluding steroid dienone is 1. The Hall–Kier alpha value is -0.113. The lowest BCUT2D eigenvalue weighted by Gasteiger charge is -2.11. The van der Waals surface area contributed by atoms with E-state index in [0.29, 0.717) is 0 Å². The van der Waals surface area contributed by atoms with Gasteiger partial charge in [-0.05, 0) is 6.42 Å². The lowest BCUT2D eigenvalue weighted by molar-refractivity contribution is 0.383. The molecular formula is C8H17FSi. The molecule has 0 nitrogen and oxygen atoms in total. The summed E-state index contributed by atoms with van der Waals surface area (Å²) in [5.74, 6) is 0.173. The maximum Gasteiger partial charge on any atom is 0.0955 e. The van der Waals surface area contributed by atoms with Gasteiger partial charge in [0.1, 0.15) is 0 Å². The Morgan fingerprint density at radius 2 is 2.30 bits per heavy atom. The van der Waals surface area contributed by atoms with Crippen LogP contribution in [0.4, 0.5) is 4.39 Å². The zero-order valence-electron chi connectivity index (χ0n) is 6.99. The van der Waals surface area contributed by atoms with Crippen molar-refractivity contribution in [2.24, 2.45) is 5.92 Å². The highest BCUT2D eigenvalue weighted by Crippen LogP contribution is 2.14. The van der Waals surface area contributed by atoms with Crippen molar-refractivity contribution in [1.29, 1.82) is 0 Å². The Labute approximate surface area is 65.9 Å². The molecule has 0 heterocycles. The molecule has 0 bridgehead atoms. The Morgan fingerprint density at radius 3 is 2.60 bits per heavy atom. The van der Waals surface area contributed by atoms with Crippen molar-refractivity contribution >= 4 is 10.2 Å². The van der Waals surface area contributed by atoms with Crippen LogP contribution in [-0.4, -0.2) is 16.9 Å². The molecule has 0 spiro atoms. The first-order valence-electron chi connectivity index (χ1n) is 3.93. The second kappa shape index (κ2) is 5.66. The number of alkyl halides is 1. The molecule has 0 fully saturated rings. The Balaban J connectivity index is 3.50. The minimum Gasteiger partial charge on any atom is -0.250 e. The quantitative estimate of drug-likeness (QED) is 0.536. The first-order valence-corrected chi connectivity index (χ1v) is 4.93. The summed E-state index contributed by atoms with van der Waals surface area (Å²) in [6, 6.07) is 0. The van der Waals surface area contributed by atoms with Crippen molar-refractivity contribution < 1.29 is 4.39 Å². The molecule has 0 saturated heterocycles. The van der Waals surface area contributed by atoms with E-state index in [1.54, 1.807) is 0 Å². The normalized spacial score (nSPS) is 13.4. The lowest BCUT2D eigenvalue weighted by Crippen LogP contribution is -2.05. The van der Waals surface area contributed by atoms with E-state index < -0.39 is 0 Å². The molecule has 1 unspecified atom stereocenters. The average Bonchev–Trinajstić information content (AvgIpc) is 1.89. The summed E-state index contributed by atoms with van der Waals surface area (Å²) in [5, 5.41) is 1.12. The van der Waals surface area contributed by atoms with Gasteiger partial charge in [-0.15, -0.1) is 6.58 Å². The average molecular weight is 160 g/mol. The van der Waals surface area contributed by atoms with Gasteiger partial charge in [-0.2, -0.15) is 0 Å². The summed E-state index contributed by atoms with van der Waals surface area (Å²) in [5.41, 5.74) is 0. The van der Waals surface area contributed by atoms with E-state index in [1.165, 1.54) is 0 Å². The highest BCUT2D eigenvalue weighted by molar-refractivity contribution is 6.21. The number of hydrogen-bond donors (Lipinski definition) is 0. The molecule has 0 saturated carbocycles. The van der Waals surface area contributed by atoms with Crippen LogP contribution < -0.4 is 0 Å². The van der Waals surface area contributed by atoms with Crippen LogP contribution in [0.3, 0.4) is 0 Å². The summed E-state index contributed by atoms with van der Waals surface area (Å²) in [6.07, 6.45) is 3.29. The molecule has 0 aliphatic heterocycles. The molecule has 0 rings (SSSR count). The minimum atomic E-state index is -0.206. The topological polar surface area (TPSA) is 0 Å². The van der Waals surface area contributed by atoms with E-state index in [0.717, 1.165) is 34.7 Å². The van der Waals surface area contributed by atoms with Crippen LogP contribution in [0.15, 0.2) is 11.8 Å². The van der Waals surface area contributed by atoms with Crippen LogP contribution in [-0.2, 0) is 0 Å². The first kappa shape index (κ1) is 9.89. The number of unbranched alkanes of at least 4 members (excludes halogenated alkanes) is 1. The van der Waals surface area contributed by atoms with Crippen LogP contribution >= 0.6 is 0 Å². The standard InChI is InChI=1S/C8H17FSi/c1-3-4-5-8(6-9)7(2)10/h8H,2-6H2,1,10H3. The van der Waals surface area contributed by atoms with E-state index in [-0.39, 0.29) is 12.6 Å². The highest BCUT2D eigenvalue weighted by Gasteiger charge is 2.06. The van der Waals surface area contributed by atoms with Crippen LogP contribution in [0.1, 0.15) is 26.2 Å². The minimum absolute atomic E-state index is 0.173. The smallest absolute Gasteiger partial charge is 0.0955 e. The van der Waals surface area contributed by atoms with Gasteiger partial charge in [-0.25, -0.2) is 0 Å². The summed E-state index contributed by atoms with van der Waals surface area (Å²) in [6.45, 7) is 5.73. The molecule has 0 N–H and O–H groups in total. The predicted molar refractivity (Wildman–Crippen MR) is 48.1 cm³/mol. The van der Waals surface area contributed by atoms with Crippen LogP contribution in [0.2, 0.25) is 0 Å². The molecule has 0 radical (unpaired) electrons. The molecule has 0 aromatic rings. The van der Waals surface area contributed by atoms with Crippen molar-refractivity contribution in [3.05, 3.63) is 11.8 Å². The summed E-state index contributed by atoms with van der Waals surface area (Å²) in [7, 11) is 0.944. The Kier molecular flexibility index (Phi) is 5.59. The summed E-state index contributed by atoms with van der Waals surface area (Å²) >= 11 is 0. The molecule has 0 aliphatic rings. The second-order valence-corrected chi connectivity index (χ2v) is 4.12. The van der Waals surface area contributed by atoms with Gasteiger partial charge in [0, 0.05) is 16.2 Å². The number of rotatable bonds is 5. The van der Waals surface area contributed by atoms with Gasteiger partial charge in [-0.1, -0.05) is 25.0 Å². The monoisotopic (exact) mass is 160 g/mol. The molecule has 60 valence electrons. The maximum absolute atomic E-state index is 12.2. The van der Waals surface area contributed by atoms with Crippen LogP contribution in [0, 0.1) is 5.92 Å². The van der Waals surface area contributed by atoms with Crippen LogP contribution in [0.25, 0.3) is 0 Å². The molecule has 0 aromatic heterocycles. The Bertz CT molecular complexity index is 101. The molecule has 1 atom stereocenters. The zero-order valence-corrected chi connectivity index (χ0v) is 8.99. The van der Waals surface area contributed by atoms with Crippen LogP contribution in [0.5, 0.6) is 0 Å². The van der Waals surface area contributed by atoms with Crippen molar-refractivity contribution in [2.75, 3.05) is 6.67 Å². The van der Waals surface area contributed by atoms with Gasteiger partial charge in [0.15, 0.2) is 0 Å². The second-order valence-electron chi connectivity index (χ2n) is 2.84. The first-order chi connectivity index (χ1) is 4.72. The molecule has 0 amide bonds. The molecule has 2 heteroatoms. The van der Waals surface area contributed by atoms with Gasteiger partial charge in [0.2, 0.25) is 0 Å². The third-order valence-electron chi connectivity index (χ3n) is 1.79. The van der Waals surface area contributed by atoms with E-state index in [9.17, 15) is 4.39 Å². The van der Waals surface area contributed by atoms with Crippen molar-refractivity contribution in [1.82, 2.24) is 0 Å². The summed E-state index contributed by atoms with van der Waals surface area (Å²) in [4.78, 5) is 0. The molecule has 0 aliphatic carbocycles. The predicted octanol–water partition coefficient (Wildman–Crippen LogP) is 1.64. The lowest BCUT2D eigenvalue weighted by atomic mass is 10.0. The molecular weight excluding hydrogens is 143 g/mol. The fourth-order valence-electron chi connectivity index (χ4n) is 0.906. The van der Waals surface area contributed by atoms with E-state index in [2.05, 4.69) is 13.5 Å². The third kappa shape index (κ3) is 3.83. The molecule has 0 aromatic carbocycles. The van der Waals surface area contributed by atoms with Crippen molar-refractivity contribution in [3.63, 3.8) is 0 Å². The van der Waals surface area contributed by atoms with Crippen molar-refractivity contribution in [3.8, 4) is 0 Å². The van der Waals surface area contributed by atoms with E-state index in [4.69, 9.17) is 0 Å². The summed E-state index contributed by atoms with van der Waals surface area (Å²) < 4.78 is 12.2. The third-order valence-corrected chi connectivity index (χ3v) is 2.61. The van der Waals surface area contributed by atoms with Gasteiger partial charge in [0.25, 0.3) is 0 Å². The molecule has 10 heavy (non-hydrogen) atoms. The number of hydrogen-bond acceptors (Lipinski definition) is 0. The van der Waals surface area contributed by atoms with E-state index >= 15 is 0 Å². The van der Waals surface area contributed by atoms with Crippen molar-refractivity contribution in [2.45, 2.75) is 26.2 Å². The number of halogens is 1.